The number of aryl methyl sites for hydroxylation is 2. The average molecular weight is 355 g/mol. The Morgan fingerprint density at radius 1 is 1.15 bits per heavy atom. The van der Waals surface area contributed by atoms with Gasteiger partial charge in [-0.15, -0.1) is 0 Å². The zero-order chi connectivity index (χ0) is 18.8. The summed E-state index contributed by atoms with van der Waals surface area (Å²) < 4.78 is 24.3. The molecule has 2 aromatic carbocycles. The standard InChI is InChI=1S/C20H18FNO4/c1-11-13-8-9-17(25-3)12(2)19(13)26-20(24)14(11)10-18(23)22-16-7-5-4-6-15(16)21/h4-9H,10H2,1-3H3,(H,22,23). The van der Waals surface area contributed by atoms with Gasteiger partial charge in [0.1, 0.15) is 17.1 Å². The van der Waals surface area contributed by atoms with Crippen molar-refractivity contribution in [3.8, 4) is 5.75 Å². The van der Waals surface area contributed by atoms with Crippen molar-refractivity contribution in [2.75, 3.05) is 12.4 Å². The minimum Gasteiger partial charge on any atom is -0.496 e. The van der Waals surface area contributed by atoms with Gasteiger partial charge >= 0.3 is 5.63 Å². The lowest BCUT2D eigenvalue weighted by molar-refractivity contribution is -0.115. The van der Waals surface area contributed by atoms with Gasteiger partial charge in [0.2, 0.25) is 5.91 Å². The summed E-state index contributed by atoms with van der Waals surface area (Å²) >= 11 is 0. The molecule has 0 spiro atoms. The van der Waals surface area contributed by atoms with Crippen molar-refractivity contribution >= 4 is 22.6 Å². The third kappa shape index (κ3) is 3.18. The highest BCUT2D eigenvalue weighted by Gasteiger charge is 2.18. The number of rotatable bonds is 4. The molecule has 1 N–H and O–H groups in total. The second-order valence-electron chi connectivity index (χ2n) is 5.97. The smallest absolute Gasteiger partial charge is 0.340 e. The Kier molecular flexibility index (Phi) is 4.75. The molecular formula is C20H18FNO4. The van der Waals surface area contributed by atoms with Crippen LogP contribution in [0.25, 0.3) is 11.0 Å². The largest absolute Gasteiger partial charge is 0.496 e. The van der Waals surface area contributed by atoms with Gasteiger partial charge in [-0.3, -0.25) is 4.79 Å². The first kappa shape index (κ1) is 17.7. The minimum absolute atomic E-state index is 0.0703. The van der Waals surface area contributed by atoms with Crippen LogP contribution in [0.1, 0.15) is 16.7 Å². The Morgan fingerprint density at radius 2 is 1.88 bits per heavy atom. The number of para-hydroxylation sites is 1. The van der Waals surface area contributed by atoms with Gasteiger partial charge in [0, 0.05) is 10.9 Å². The fourth-order valence-electron chi connectivity index (χ4n) is 2.91. The summed E-state index contributed by atoms with van der Waals surface area (Å²) in [4.78, 5) is 24.7. The number of carbonyl (C=O) groups is 1. The molecule has 0 radical (unpaired) electrons. The molecule has 26 heavy (non-hydrogen) atoms. The molecule has 1 heterocycles. The molecule has 6 heteroatoms. The van der Waals surface area contributed by atoms with Crippen molar-refractivity contribution in [2.24, 2.45) is 0 Å². The van der Waals surface area contributed by atoms with E-state index in [1.807, 2.05) is 0 Å². The van der Waals surface area contributed by atoms with Gasteiger partial charge in [-0.2, -0.15) is 0 Å². The number of benzene rings is 2. The monoisotopic (exact) mass is 355 g/mol. The molecular weight excluding hydrogens is 337 g/mol. The van der Waals surface area contributed by atoms with Crippen LogP contribution in [0.15, 0.2) is 45.6 Å². The highest BCUT2D eigenvalue weighted by molar-refractivity contribution is 5.94. The summed E-state index contributed by atoms with van der Waals surface area (Å²) in [5.41, 5.74) is 1.54. The van der Waals surface area contributed by atoms with E-state index in [0.717, 1.165) is 5.39 Å². The van der Waals surface area contributed by atoms with Gasteiger partial charge in [-0.25, -0.2) is 9.18 Å². The van der Waals surface area contributed by atoms with Crippen LogP contribution in [-0.2, 0) is 11.2 Å². The van der Waals surface area contributed by atoms with Gasteiger partial charge < -0.3 is 14.5 Å². The maximum atomic E-state index is 13.7. The second-order valence-corrected chi connectivity index (χ2v) is 5.97. The first-order valence-electron chi connectivity index (χ1n) is 8.06. The maximum Gasteiger partial charge on any atom is 0.340 e. The van der Waals surface area contributed by atoms with Crippen LogP contribution < -0.4 is 15.7 Å². The van der Waals surface area contributed by atoms with E-state index in [1.54, 1.807) is 39.2 Å². The second kappa shape index (κ2) is 7.00. The Labute approximate surface area is 149 Å². The van der Waals surface area contributed by atoms with Gasteiger partial charge in [0.15, 0.2) is 0 Å². The molecule has 1 aromatic heterocycles. The van der Waals surface area contributed by atoms with Crippen molar-refractivity contribution < 1.29 is 18.3 Å². The first-order valence-corrected chi connectivity index (χ1v) is 8.06. The number of ether oxygens (including phenoxy) is 1. The van der Waals surface area contributed by atoms with E-state index in [-0.39, 0.29) is 17.7 Å². The Morgan fingerprint density at radius 3 is 2.58 bits per heavy atom. The van der Waals surface area contributed by atoms with Crippen molar-refractivity contribution in [1.82, 2.24) is 0 Å². The van der Waals surface area contributed by atoms with E-state index >= 15 is 0 Å². The van der Waals surface area contributed by atoms with E-state index in [0.29, 0.717) is 22.5 Å². The van der Waals surface area contributed by atoms with Gasteiger partial charge in [0.25, 0.3) is 0 Å². The summed E-state index contributed by atoms with van der Waals surface area (Å²) in [6.45, 7) is 3.56. The van der Waals surface area contributed by atoms with Crippen LogP contribution in [-0.4, -0.2) is 13.0 Å². The van der Waals surface area contributed by atoms with Crippen molar-refractivity contribution in [1.29, 1.82) is 0 Å². The highest BCUT2D eigenvalue weighted by Crippen LogP contribution is 2.29. The highest BCUT2D eigenvalue weighted by atomic mass is 19.1. The normalized spacial score (nSPS) is 10.8. The van der Waals surface area contributed by atoms with Gasteiger partial charge in [0.05, 0.1) is 24.8 Å². The molecule has 0 saturated carbocycles. The summed E-state index contributed by atoms with van der Waals surface area (Å²) in [5, 5.41) is 3.21. The quantitative estimate of drug-likeness (QED) is 0.724. The van der Waals surface area contributed by atoms with E-state index in [9.17, 15) is 14.0 Å². The van der Waals surface area contributed by atoms with Gasteiger partial charge in [-0.05, 0) is 43.7 Å². The Bertz CT molecular complexity index is 1060. The molecule has 0 saturated heterocycles. The molecule has 5 nitrogen and oxygen atoms in total. The zero-order valence-corrected chi connectivity index (χ0v) is 14.7. The SMILES string of the molecule is COc1ccc2c(C)c(CC(=O)Nc3ccccc3F)c(=O)oc2c1C. The first-order chi connectivity index (χ1) is 12.4. The number of nitrogens with one attached hydrogen (secondary N) is 1. The van der Waals surface area contributed by atoms with Crippen LogP contribution in [0.3, 0.4) is 0 Å². The number of hydrogen-bond donors (Lipinski definition) is 1. The fraction of sp³-hybridized carbons (Fsp3) is 0.200. The topological polar surface area (TPSA) is 68.5 Å². The number of halogens is 1. The van der Waals surface area contributed by atoms with Crippen LogP contribution >= 0.6 is 0 Å². The molecule has 3 rings (SSSR count). The van der Waals surface area contributed by atoms with Crippen molar-refractivity contribution in [3.05, 3.63) is 69.3 Å². The lowest BCUT2D eigenvalue weighted by Gasteiger charge is -2.12. The van der Waals surface area contributed by atoms with Gasteiger partial charge in [-0.1, -0.05) is 12.1 Å². The zero-order valence-electron chi connectivity index (χ0n) is 14.7. The van der Waals surface area contributed by atoms with Crippen LogP contribution in [0.5, 0.6) is 5.75 Å². The molecule has 134 valence electrons. The molecule has 3 aromatic rings. The number of hydrogen-bond acceptors (Lipinski definition) is 4. The summed E-state index contributed by atoms with van der Waals surface area (Å²) in [6.07, 6.45) is -0.205. The Hall–Kier alpha value is -3.15. The number of methoxy groups -OCH3 is 1. The summed E-state index contributed by atoms with van der Waals surface area (Å²) in [6, 6.07) is 9.43. The molecule has 0 fully saturated rings. The number of anilines is 1. The predicted molar refractivity (Wildman–Crippen MR) is 97.2 cm³/mol. The molecule has 0 unspecified atom stereocenters. The third-order valence-electron chi connectivity index (χ3n) is 4.36. The molecule has 0 bridgehead atoms. The molecule has 0 aliphatic heterocycles. The van der Waals surface area contributed by atoms with Crippen LogP contribution in [0.2, 0.25) is 0 Å². The number of amides is 1. The van der Waals surface area contributed by atoms with Crippen LogP contribution in [0.4, 0.5) is 10.1 Å². The van der Waals surface area contributed by atoms with E-state index in [2.05, 4.69) is 5.32 Å². The predicted octanol–water partition coefficient (Wildman–Crippen LogP) is 3.74. The maximum absolute atomic E-state index is 13.7. The lowest BCUT2D eigenvalue weighted by Crippen LogP contribution is -2.21. The lowest BCUT2D eigenvalue weighted by atomic mass is 10.0. The fourth-order valence-corrected chi connectivity index (χ4v) is 2.91. The Balaban J connectivity index is 1.97. The molecule has 1 amide bonds. The minimum atomic E-state index is -0.588. The third-order valence-corrected chi connectivity index (χ3v) is 4.36. The number of carbonyl (C=O) groups excluding carboxylic acids is 1. The van der Waals surface area contributed by atoms with E-state index < -0.39 is 17.3 Å². The molecule has 0 aliphatic carbocycles. The van der Waals surface area contributed by atoms with Crippen molar-refractivity contribution in [2.45, 2.75) is 20.3 Å². The number of fused-ring (bicyclic) bond motifs is 1. The summed E-state index contributed by atoms with van der Waals surface area (Å²) in [5.74, 6) is -0.411. The van der Waals surface area contributed by atoms with Crippen LogP contribution in [0, 0.1) is 19.7 Å². The molecule has 0 aliphatic rings. The van der Waals surface area contributed by atoms with Crippen molar-refractivity contribution in [3.63, 3.8) is 0 Å². The molecule has 0 atom stereocenters. The summed E-state index contributed by atoms with van der Waals surface area (Å²) in [7, 11) is 1.54. The van der Waals surface area contributed by atoms with E-state index in [4.69, 9.17) is 9.15 Å². The van der Waals surface area contributed by atoms with E-state index in [1.165, 1.54) is 18.2 Å². The average Bonchev–Trinajstić information content (AvgIpc) is 2.61.